The number of carboxylic acid groups (broad SMARTS) is 1. The maximum atomic E-state index is 10.9. The quantitative estimate of drug-likeness (QED) is 0.872. The molecule has 0 fully saturated rings. The van der Waals surface area contributed by atoms with Gasteiger partial charge >= 0.3 is 5.97 Å². The fraction of sp³-hybridized carbons (Fsp3) is 0.333. The van der Waals surface area contributed by atoms with Crippen molar-refractivity contribution in [3.8, 4) is 11.8 Å². The summed E-state index contributed by atoms with van der Waals surface area (Å²) in [6, 6.07) is 11.1. The second-order valence-corrected chi connectivity index (χ2v) is 5.61. The van der Waals surface area contributed by atoms with Gasteiger partial charge in [-0.2, -0.15) is 5.26 Å². The lowest BCUT2D eigenvalue weighted by atomic mass is 9.91. The first kappa shape index (κ1) is 16.6. The molecule has 1 unspecified atom stereocenters. The second kappa shape index (κ2) is 7.01. The number of rotatable bonds is 6. The van der Waals surface area contributed by atoms with E-state index in [1.54, 1.807) is 13.2 Å². The molecule has 1 atom stereocenters. The van der Waals surface area contributed by atoms with Crippen LogP contribution in [-0.4, -0.2) is 18.2 Å². The summed E-state index contributed by atoms with van der Waals surface area (Å²) in [5, 5.41) is 18.5. The van der Waals surface area contributed by atoms with Crippen LogP contribution in [0.1, 0.15) is 53.1 Å². The Morgan fingerprint density at radius 3 is 2.61 bits per heavy atom. The summed E-state index contributed by atoms with van der Waals surface area (Å²) in [5.41, 5.74) is 1.90. The zero-order valence-electron chi connectivity index (χ0n) is 13.4. The Balaban J connectivity index is 2.34. The molecule has 120 valence electrons. The average Bonchev–Trinajstić information content (AvgIpc) is 3.00. The number of aromatic carboxylic acids is 1. The highest BCUT2D eigenvalue weighted by Crippen LogP contribution is 2.32. The van der Waals surface area contributed by atoms with E-state index in [1.165, 1.54) is 6.07 Å². The third-order valence-electron chi connectivity index (χ3n) is 3.73. The van der Waals surface area contributed by atoms with E-state index in [2.05, 4.69) is 19.9 Å². The van der Waals surface area contributed by atoms with E-state index in [0.717, 1.165) is 11.1 Å². The predicted molar refractivity (Wildman–Crippen MR) is 84.8 cm³/mol. The molecule has 1 N–H and O–H groups in total. The summed E-state index contributed by atoms with van der Waals surface area (Å²) in [7, 11) is 1.57. The number of hydrogen-bond donors (Lipinski definition) is 1. The minimum absolute atomic E-state index is 0.125. The molecule has 0 radical (unpaired) electrons. The van der Waals surface area contributed by atoms with Crippen LogP contribution in [0.25, 0.3) is 0 Å². The van der Waals surface area contributed by atoms with Gasteiger partial charge in [-0.15, -0.1) is 0 Å². The van der Waals surface area contributed by atoms with E-state index in [1.807, 2.05) is 18.2 Å². The van der Waals surface area contributed by atoms with Crippen LogP contribution in [0.2, 0.25) is 0 Å². The minimum Gasteiger partial charge on any atom is -0.496 e. The fourth-order valence-corrected chi connectivity index (χ4v) is 2.41. The maximum Gasteiger partial charge on any atom is 0.371 e. The van der Waals surface area contributed by atoms with Gasteiger partial charge in [0.2, 0.25) is 5.76 Å². The van der Waals surface area contributed by atoms with Crippen molar-refractivity contribution in [2.75, 3.05) is 7.11 Å². The van der Waals surface area contributed by atoms with Gasteiger partial charge in [0.05, 0.1) is 19.1 Å². The van der Waals surface area contributed by atoms with Gasteiger partial charge in [0.15, 0.2) is 0 Å². The highest BCUT2D eigenvalue weighted by atomic mass is 16.5. The largest absolute Gasteiger partial charge is 0.496 e. The van der Waals surface area contributed by atoms with Gasteiger partial charge in [-0.05, 0) is 29.7 Å². The normalized spacial score (nSPS) is 12.0. The van der Waals surface area contributed by atoms with Crippen molar-refractivity contribution in [3.05, 3.63) is 53.0 Å². The lowest BCUT2D eigenvalue weighted by Gasteiger charge is -2.16. The lowest BCUT2D eigenvalue weighted by Crippen LogP contribution is -2.04. The Kier molecular flexibility index (Phi) is 5.07. The Morgan fingerprint density at radius 1 is 1.35 bits per heavy atom. The first-order chi connectivity index (χ1) is 11.0. The number of ether oxygens (including phenoxy) is 1. The molecule has 0 aliphatic rings. The minimum atomic E-state index is -1.12. The molecule has 1 aromatic carbocycles. The van der Waals surface area contributed by atoms with Crippen molar-refractivity contribution in [3.63, 3.8) is 0 Å². The summed E-state index contributed by atoms with van der Waals surface area (Å²) in [5.74, 6) is -0.279. The number of carboxylic acids is 1. The van der Waals surface area contributed by atoms with Gasteiger partial charge in [-0.25, -0.2) is 4.79 Å². The number of nitrogens with zero attached hydrogens (tertiary/aromatic N) is 1. The van der Waals surface area contributed by atoms with Gasteiger partial charge in [-0.1, -0.05) is 26.0 Å². The molecule has 5 nitrogen and oxygen atoms in total. The van der Waals surface area contributed by atoms with Crippen LogP contribution >= 0.6 is 0 Å². The van der Waals surface area contributed by atoms with Gasteiger partial charge in [-0.3, -0.25) is 0 Å². The summed E-state index contributed by atoms with van der Waals surface area (Å²) < 4.78 is 10.6. The molecule has 0 spiro atoms. The molecule has 2 rings (SSSR count). The molecule has 0 saturated carbocycles. The molecule has 1 heterocycles. The zero-order chi connectivity index (χ0) is 17.0. The summed E-state index contributed by atoms with van der Waals surface area (Å²) in [6.45, 7) is 4.16. The highest BCUT2D eigenvalue weighted by Gasteiger charge is 2.20. The molecule has 0 bridgehead atoms. The van der Waals surface area contributed by atoms with Crippen molar-refractivity contribution in [1.29, 1.82) is 5.26 Å². The van der Waals surface area contributed by atoms with Crippen molar-refractivity contribution in [2.45, 2.75) is 32.1 Å². The molecule has 5 heteroatoms. The van der Waals surface area contributed by atoms with E-state index >= 15 is 0 Å². The van der Waals surface area contributed by atoms with Crippen molar-refractivity contribution >= 4 is 5.97 Å². The molecule has 0 aliphatic carbocycles. The van der Waals surface area contributed by atoms with Crippen LogP contribution in [0.15, 0.2) is 34.7 Å². The SMILES string of the molecule is COc1ccc(C(C)C)cc1C(C#N)Cc1ccc(C(=O)O)o1. The predicted octanol–water partition coefficient (Wildman–Crippen LogP) is 3.96. The topological polar surface area (TPSA) is 83.5 Å². The third kappa shape index (κ3) is 3.72. The van der Waals surface area contributed by atoms with Crippen LogP contribution in [0.5, 0.6) is 5.75 Å². The van der Waals surface area contributed by atoms with Crippen LogP contribution in [0, 0.1) is 11.3 Å². The zero-order valence-corrected chi connectivity index (χ0v) is 13.4. The molecule has 0 aliphatic heterocycles. The monoisotopic (exact) mass is 313 g/mol. The highest BCUT2D eigenvalue weighted by molar-refractivity contribution is 5.84. The molecule has 23 heavy (non-hydrogen) atoms. The van der Waals surface area contributed by atoms with E-state index in [4.69, 9.17) is 14.3 Å². The summed E-state index contributed by atoms with van der Waals surface area (Å²) in [4.78, 5) is 10.9. The summed E-state index contributed by atoms with van der Waals surface area (Å²) >= 11 is 0. The lowest BCUT2D eigenvalue weighted by molar-refractivity contribution is 0.0660. The van der Waals surface area contributed by atoms with Gasteiger partial charge in [0.25, 0.3) is 0 Å². The maximum absolute atomic E-state index is 10.9. The van der Waals surface area contributed by atoms with E-state index in [9.17, 15) is 10.1 Å². The van der Waals surface area contributed by atoms with Crippen LogP contribution in [-0.2, 0) is 6.42 Å². The number of benzene rings is 1. The number of furan rings is 1. The molecule has 1 aromatic heterocycles. The van der Waals surface area contributed by atoms with Crippen molar-refractivity contribution in [2.24, 2.45) is 0 Å². The molecule has 2 aromatic rings. The standard InChI is InChI=1S/C18H19NO4/c1-11(2)12-4-6-16(22-3)15(9-12)13(10-19)8-14-5-7-17(23-14)18(20)21/h4-7,9,11,13H,8H2,1-3H3,(H,20,21). The van der Waals surface area contributed by atoms with Crippen LogP contribution in [0.3, 0.4) is 0 Å². The second-order valence-electron chi connectivity index (χ2n) is 5.61. The smallest absolute Gasteiger partial charge is 0.371 e. The average molecular weight is 313 g/mol. The van der Waals surface area contributed by atoms with Gasteiger partial charge < -0.3 is 14.3 Å². The van der Waals surface area contributed by atoms with E-state index in [0.29, 0.717) is 23.8 Å². The molecular formula is C18H19NO4. The Morgan fingerprint density at radius 2 is 2.09 bits per heavy atom. The molecule has 0 saturated heterocycles. The Hall–Kier alpha value is -2.74. The molecule has 0 amide bonds. The first-order valence-electron chi connectivity index (χ1n) is 7.35. The Bertz CT molecular complexity index is 740. The van der Waals surface area contributed by atoms with E-state index < -0.39 is 11.9 Å². The number of hydrogen-bond acceptors (Lipinski definition) is 4. The number of methoxy groups -OCH3 is 1. The summed E-state index contributed by atoms with van der Waals surface area (Å²) in [6.07, 6.45) is 0.293. The van der Waals surface area contributed by atoms with Gasteiger partial charge in [0, 0.05) is 12.0 Å². The van der Waals surface area contributed by atoms with Crippen molar-refractivity contribution in [1.82, 2.24) is 0 Å². The molecular weight excluding hydrogens is 294 g/mol. The first-order valence-corrected chi connectivity index (χ1v) is 7.35. The number of carbonyl (C=O) groups is 1. The Labute approximate surface area is 135 Å². The van der Waals surface area contributed by atoms with E-state index in [-0.39, 0.29) is 5.76 Å². The third-order valence-corrected chi connectivity index (χ3v) is 3.73. The number of nitriles is 1. The fourth-order valence-electron chi connectivity index (χ4n) is 2.41. The van der Waals surface area contributed by atoms with Crippen LogP contribution < -0.4 is 4.74 Å². The van der Waals surface area contributed by atoms with Crippen LogP contribution in [0.4, 0.5) is 0 Å². The van der Waals surface area contributed by atoms with Crippen molar-refractivity contribution < 1.29 is 19.1 Å². The van der Waals surface area contributed by atoms with Gasteiger partial charge in [0.1, 0.15) is 11.5 Å².